The van der Waals surface area contributed by atoms with Crippen LogP contribution in [0.1, 0.15) is 29.0 Å². The molecular formula is C13H13N3S. The van der Waals surface area contributed by atoms with E-state index in [0.29, 0.717) is 5.56 Å². The SMILES string of the molecule is Cc1cccc(NC(C)c2cncs2)c1C#N. The molecule has 0 saturated carbocycles. The molecule has 0 aliphatic carbocycles. The second-order valence-electron chi connectivity index (χ2n) is 3.88. The van der Waals surface area contributed by atoms with Gasteiger partial charge in [0.25, 0.3) is 0 Å². The highest BCUT2D eigenvalue weighted by molar-refractivity contribution is 7.09. The fourth-order valence-corrected chi connectivity index (χ4v) is 2.31. The number of benzene rings is 1. The molecule has 2 rings (SSSR count). The van der Waals surface area contributed by atoms with Gasteiger partial charge in [0.1, 0.15) is 6.07 Å². The van der Waals surface area contributed by atoms with Crippen LogP contribution >= 0.6 is 11.3 Å². The number of hydrogen-bond donors (Lipinski definition) is 1. The molecule has 0 saturated heterocycles. The number of anilines is 1. The predicted octanol–water partition coefficient (Wildman–Crippen LogP) is 3.50. The Balaban J connectivity index is 2.25. The van der Waals surface area contributed by atoms with Gasteiger partial charge in [0.2, 0.25) is 0 Å². The highest BCUT2D eigenvalue weighted by Gasteiger charge is 2.10. The molecule has 1 unspecified atom stereocenters. The van der Waals surface area contributed by atoms with Gasteiger partial charge in [0.15, 0.2) is 0 Å². The minimum absolute atomic E-state index is 0.163. The molecule has 0 amide bonds. The van der Waals surface area contributed by atoms with Gasteiger partial charge in [0, 0.05) is 11.1 Å². The smallest absolute Gasteiger partial charge is 0.102 e. The summed E-state index contributed by atoms with van der Waals surface area (Å²) in [5.41, 5.74) is 4.40. The molecule has 1 aromatic heterocycles. The average molecular weight is 243 g/mol. The van der Waals surface area contributed by atoms with Crippen LogP contribution in [0, 0.1) is 18.3 Å². The highest BCUT2D eigenvalue weighted by Crippen LogP contribution is 2.25. The molecule has 0 fully saturated rings. The van der Waals surface area contributed by atoms with E-state index in [1.165, 1.54) is 0 Å². The molecule has 1 N–H and O–H groups in total. The summed E-state index contributed by atoms with van der Waals surface area (Å²) in [6.07, 6.45) is 1.85. The number of aromatic nitrogens is 1. The summed E-state index contributed by atoms with van der Waals surface area (Å²) >= 11 is 1.61. The second-order valence-corrected chi connectivity index (χ2v) is 4.80. The van der Waals surface area contributed by atoms with Gasteiger partial charge >= 0.3 is 0 Å². The minimum atomic E-state index is 0.163. The first-order valence-corrected chi connectivity index (χ1v) is 6.25. The second kappa shape index (κ2) is 4.98. The van der Waals surface area contributed by atoms with Crippen molar-refractivity contribution in [2.24, 2.45) is 0 Å². The molecule has 0 radical (unpaired) electrons. The number of aryl methyl sites for hydroxylation is 1. The lowest BCUT2D eigenvalue weighted by atomic mass is 10.1. The topological polar surface area (TPSA) is 48.7 Å². The zero-order chi connectivity index (χ0) is 12.3. The molecule has 4 heteroatoms. The van der Waals surface area contributed by atoms with Crippen molar-refractivity contribution in [2.75, 3.05) is 5.32 Å². The number of nitrogens with one attached hydrogen (secondary N) is 1. The van der Waals surface area contributed by atoms with Crippen LogP contribution in [-0.4, -0.2) is 4.98 Å². The molecule has 1 aromatic carbocycles. The quantitative estimate of drug-likeness (QED) is 0.897. The number of rotatable bonds is 3. The molecule has 1 atom stereocenters. The van der Waals surface area contributed by atoms with Crippen LogP contribution in [0.4, 0.5) is 5.69 Å². The third kappa shape index (κ3) is 2.45. The summed E-state index contributed by atoms with van der Waals surface area (Å²) in [6, 6.07) is 8.24. The van der Waals surface area contributed by atoms with E-state index < -0.39 is 0 Å². The zero-order valence-electron chi connectivity index (χ0n) is 9.77. The Hall–Kier alpha value is -1.86. The van der Waals surface area contributed by atoms with Gasteiger partial charge in [-0.3, -0.25) is 4.98 Å². The van der Waals surface area contributed by atoms with E-state index in [4.69, 9.17) is 5.26 Å². The van der Waals surface area contributed by atoms with Crippen molar-refractivity contribution >= 4 is 17.0 Å². The normalized spacial score (nSPS) is 11.8. The summed E-state index contributed by atoms with van der Waals surface area (Å²) in [6.45, 7) is 4.01. The van der Waals surface area contributed by atoms with Gasteiger partial charge in [0.05, 0.1) is 22.8 Å². The molecule has 2 aromatic rings. The molecule has 0 bridgehead atoms. The van der Waals surface area contributed by atoms with Gasteiger partial charge < -0.3 is 5.32 Å². The van der Waals surface area contributed by atoms with E-state index >= 15 is 0 Å². The van der Waals surface area contributed by atoms with Crippen LogP contribution in [0.15, 0.2) is 29.9 Å². The molecule has 86 valence electrons. The first-order valence-electron chi connectivity index (χ1n) is 5.37. The van der Waals surface area contributed by atoms with Crippen molar-refractivity contribution in [3.8, 4) is 6.07 Å². The molecule has 1 heterocycles. The fourth-order valence-electron chi connectivity index (χ4n) is 1.68. The van der Waals surface area contributed by atoms with Gasteiger partial charge in [-0.1, -0.05) is 12.1 Å². The van der Waals surface area contributed by atoms with Crippen LogP contribution < -0.4 is 5.32 Å². The van der Waals surface area contributed by atoms with E-state index in [9.17, 15) is 0 Å². The average Bonchev–Trinajstić information content (AvgIpc) is 2.82. The summed E-state index contributed by atoms with van der Waals surface area (Å²) in [5, 5.41) is 12.5. The molecular weight excluding hydrogens is 230 g/mol. The van der Waals surface area contributed by atoms with Crippen LogP contribution in [0.5, 0.6) is 0 Å². The number of thiazole rings is 1. The Morgan fingerprint density at radius 2 is 2.29 bits per heavy atom. The van der Waals surface area contributed by atoms with Crippen LogP contribution in [-0.2, 0) is 0 Å². The predicted molar refractivity (Wildman–Crippen MR) is 70.0 cm³/mol. The fraction of sp³-hybridized carbons (Fsp3) is 0.231. The Morgan fingerprint density at radius 3 is 2.94 bits per heavy atom. The molecule has 3 nitrogen and oxygen atoms in total. The lowest BCUT2D eigenvalue weighted by Crippen LogP contribution is -2.06. The van der Waals surface area contributed by atoms with E-state index in [0.717, 1.165) is 16.1 Å². The third-order valence-corrected chi connectivity index (χ3v) is 3.59. The molecule has 0 spiro atoms. The van der Waals surface area contributed by atoms with Gasteiger partial charge in [-0.05, 0) is 25.5 Å². The number of nitriles is 1. The Bertz CT molecular complexity index is 540. The van der Waals surface area contributed by atoms with Crippen molar-refractivity contribution in [3.05, 3.63) is 45.9 Å². The molecule has 0 aliphatic heterocycles. The Kier molecular flexibility index (Phi) is 3.40. The van der Waals surface area contributed by atoms with E-state index in [-0.39, 0.29) is 6.04 Å². The summed E-state index contributed by atoms with van der Waals surface area (Å²) in [5.74, 6) is 0. The number of hydrogen-bond acceptors (Lipinski definition) is 4. The lowest BCUT2D eigenvalue weighted by Gasteiger charge is -2.15. The van der Waals surface area contributed by atoms with Crippen molar-refractivity contribution in [1.82, 2.24) is 4.98 Å². The van der Waals surface area contributed by atoms with E-state index in [1.807, 2.05) is 36.8 Å². The first kappa shape index (κ1) is 11.6. The molecule has 0 aliphatic rings. The number of nitrogens with zero attached hydrogens (tertiary/aromatic N) is 2. The van der Waals surface area contributed by atoms with Crippen molar-refractivity contribution in [3.63, 3.8) is 0 Å². The third-order valence-electron chi connectivity index (χ3n) is 2.63. The van der Waals surface area contributed by atoms with Crippen molar-refractivity contribution in [2.45, 2.75) is 19.9 Å². The highest BCUT2D eigenvalue weighted by atomic mass is 32.1. The van der Waals surface area contributed by atoms with Crippen LogP contribution in [0.25, 0.3) is 0 Å². The maximum atomic E-state index is 9.14. The van der Waals surface area contributed by atoms with Gasteiger partial charge in [-0.25, -0.2) is 0 Å². The van der Waals surface area contributed by atoms with Crippen molar-refractivity contribution in [1.29, 1.82) is 5.26 Å². The maximum absolute atomic E-state index is 9.14. The summed E-state index contributed by atoms with van der Waals surface area (Å²) < 4.78 is 0. The van der Waals surface area contributed by atoms with Gasteiger partial charge in [-0.15, -0.1) is 11.3 Å². The lowest BCUT2D eigenvalue weighted by molar-refractivity contribution is 0.902. The molecule has 17 heavy (non-hydrogen) atoms. The van der Waals surface area contributed by atoms with Gasteiger partial charge in [-0.2, -0.15) is 5.26 Å². The first-order chi connectivity index (χ1) is 8.22. The Labute approximate surface area is 105 Å². The van der Waals surface area contributed by atoms with Crippen LogP contribution in [0.2, 0.25) is 0 Å². The minimum Gasteiger partial charge on any atom is -0.377 e. The largest absolute Gasteiger partial charge is 0.377 e. The Morgan fingerprint density at radius 1 is 1.47 bits per heavy atom. The van der Waals surface area contributed by atoms with Crippen LogP contribution in [0.3, 0.4) is 0 Å². The van der Waals surface area contributed by atoms with E-state index in [2.05, 4.69) is 23.3 Å². The van der Waals surface area contributed by atoms with E-state index in [1.54, 1.807) is 11.3 Å². The maximum Gasteiger partial charge on any atom is 0.102 e. The van der Waals surface area contributed by atoms with Crippen molar-refractivity contribution < 1.29 is 0 Å². The zero-order valence-corrected chi connectivity index (χ0v) is 10.6. The summed E-state index contributed by atoms with van der Waals surface area (Å²) in [4.78, 5) is 5.22. The monoisotopic (exact) mass is 243 g/mol. The summed E-state index contributed by atoms with van der Waals surface area (Å²) in [7, 11) is 0. The standard InChI is InChI=1S/C13H13N3S/c1-9-4-3-5-12(11(9)6-14)16-10(2)13-7-15-8-17-13/h3-5,7-8,10,16H,1-2H3.